The Bertz CT molecular complexity index is 1860. The van der Waals surface area contributed by atoms with Gasteiger partial charge in [0.2, 0.25) is 23.6 Å². The molecule has 2 aliphatic rings. The first-order valence-electron chi connectivity index (χ1n) is 17.7. The first-order chi connectivity index (χ1) is 25.8. The van der Waals surface area contributed by atoms with Crippen LogP contribution < -0.4 is 21.3 Å². The minimum absolute atomic E-state index is 0.208. The van der Waals surface area contributed by atoms with Crippen LogP contribution in [0.1, 0.15) is 53.4 Å². The Balaban J connectivity index is 1.08. The third kappa shape index (κ3) is 7.98. The lowest BCUT2D eigenvalue weighted by Gasteiger charge is -2.30. The lowest BCUT2D eigenvalue weighted by molar-refractivity contribution is -0.139. The summed E-state index contributed by atoms with van der Waals surface area (Å²) in [5.41, 5.74) is 0. The van der Waals surface area contributed by atoms with Crippen LogP contribution in [0.5, 0.6) is 0 Å². The average Bonchev–Trinajstić information content (AvgIpc) is 3.97. The summed E-state index contributed by atoms with van der Waals surface area (Å²) in [4.78, 5) is 92.4. The molecule has 4 atom stereocenters. The first-order valence-corrected chi connectivity index (χ1v) is 19.3. The van der Waals surface area contributed by atoms with Crippen LogP contribution in [0.4, 0.5) is 21.2 Å². The number of amides is 6. The summed E-state index contributed by atoms with van der Waals surface area (Å²) < 4.78 is 13.0. The molecule has 0 aromatic carbocycles. The van der Waals surface area contributed by atoms with Crippen molar-refractivity contribution in [2.75, 3.05) is 37.9 Å². The summed E-state index contributed by atoms with van der Waals surface area (Å²) in [6.07, 6.45) is 8.11. The molecule has 0 radical (unpaired) electrons. The van der Waals surface area contributed by atoms with E-state index in [2.05, 4.69) is 40.7 Å². The van der Waals surface area contributed by atoms with Gasteiger partial charge in [0, 0.05) is 25.5 Å². The van der Waals surface area contributed by atoms with Gasteiger partial charge in [0.15, 0.2) is 21.6 Å². The zero-order valence-corrected chi connectivity index (χ0v) is 32.4. The molecule has 18 nitrogen and oxygen atoms in total. The van der Waals surface area contributed by atoms with Gasteiger partial charge in [-0.25, -0.2) is 19.6 Å². The Labute approximate surface area is 318 Å². The Morgan fingerprint density at radius 1 is 0.667 bits per heavy atom. The summed E-state index contributed by atoms with van der Waals surface area (Å²) in [5, 5.41) is 10.9. The fraction of sp³-hybridized carbons (Fsp3) is 0.529. The number of methoxy groups -OCH3 is 2. The van der Waals surface area contributed by atoms with E-state index in [1.807, 2.05) is 48.9 Å². The van der Waals surface area contributed by atoms with Crippen LogP contribution in [0.2, 0.25) is 0 Å². The van der Waals surface area contributed by atoms with Crippen LogP contribution in [0, 0.1) is 11.8 Å². The van der Waals surface area contributed by atoms with Gasteiger partial charge in [-0.15, -0.1) is 0 Å². The molecule has 6 rings (SSSR count). The Hall–Kier alpha value is -5.24. The van der Waals surface area contributed by atoms with Crippen LogP contribution >= 0.6 is 22.7 Å². The predicted octanol–water partition coefficient (Wildman–Crippen LogP) is 3.39. The Kier molecular flexibility index (Phi) is 11.4. The van der Waals surface area contributed by atoms with Gasteiger partial charge in [0.25, 0.3) is 0 Å². The second kappa shape index (κ2) is 16.0. The molecular weight excluding hydrogens is 741 g/mol. The molecule has 20 heteroatoms. The highest BCUT2D eigenvalue weighted by Gasteiger charge is 2.40. The van der Waals surface area contributed by atoms with E-state index < -0.39 is 36.4 Å². The first kappa shape index (κ1) is 38.5. The van der Waals surface area contributed by atoms with Gasteiger partial charge in [0.05, 0.1) is 36.4 Å². The topological polar surface area (TPSA) is 210 Å². The molecule has 4 aromatic heterocycles. The highest BCUT2D eigenvalue weighted by molar-refractivity contribution is 7.26. The van der Waals surface area contributed by atoms with Gasteiger partial charge in [0.1, 0.15) is 24.2 Å². The summed E-state index contributed by atoms with van der Waals surface area (Å²) in [5.74, 6) is -1.07. The molecule has 6 amide bonds. The minimum atomic E-state index is -0.824. The highest BCUT2D eigenvalue weighted by Crippen LogP contribution is 2.35. The summed E-state index contributed by atoms with van der Waals surface area (Å²) in [6.45, 7) is 8.07. The molecule has 6 heterocycles. The molecule has 4 N–H and O–H groups in total. The summed E-state index contributed by atoms with van der Waals surface area (Å²) >= 11 is 2.85. The van der Waals surface area contributed by atoms with E-state index in [1.54, 1.807) is 12.4 Å². The maximum absolute atomic E-state index is 13.4. The van der Waals surface area contributed by atoms with Gasteiger partial charge in [-0.3, -0.25) is 28.0 Å². The Morgan fingerprint density at radius 2 is 1.06 bits per heavy atom. The molecule has 0 saturated carbocycles. The van der Waals surface area contributed by atoms with Crippen LogP contribution in [0.25, 0.3) is 19.7 Å². The Morgan fingerprint density at radius 3 is 1.39 bits per heavy atom. The molecule has 0 unspecified atom stereocenters. The van der Waals surface area contributed by atoms with Gasteiger partial charge in [-0.2, -0.15) is 0 Å². The average molecular weight is 785 g/mol. The monoisotopic (exact) mass is 784 g/mol. The van der Waals surface area contributed by atoms with Gasteiger partial charge >= 0.3 is 12.2 Å². The molecule has 2 fully saturated rings. The number of likely N-dealkylation sites (tertiary alicyclic amines) is 2. The number of carbonyl (C=O) groups excluding carboxylic acids is 6. The number of nitrogens with zero attached hydrogens (tertiary/aromatic N) is 6. The SMILES string of the molecule is COC(=O)N[C@H](C(=O)N1CCC[C@H]1C(=O)Nc1cn2cc(-c3cn4cc(NC(=O)[C@@H]5CCCN5C(=O)[C@@H](NC(=O)OC)C(C)C)nc4s3)sc2n1)C(C)C. The van der Waals surface area contributed by atoms with Crippen molar-refractivity contribution in [3.63, 3.8) is 0 Å². The number of alkyl carbamates (subject to hydrolysis) is 2. The zero-order valence-electron chi connectivity index (χ0n) is 30.8. The molecule has 290 valence electrons. The number of aromatic nitrogens is 4. The number of hydrogen-bond donors (Lipinski definition) is 4. The number of nitrogens with one attached hydrogen (secondary N) is 4. The number of thiazole rings is 2. The molecular formula is C34H44N10O8S2. The van der Waals surface area contributed by atoms with Crippen molar-refractivity contribution in [3.8, 4) is 9.75 Å². The van der Waals surface area contributed by atoms with E-state index in [4.69, 9.17) is 0 Å². The molecule has 54 heavy (non-hydrogen) atoms. The standard InChI is InChI=1S/C34H44N10O8S2/c1-17(2)25(39-33(49)51-5)29(47)43-11-7-9-19(43)27(45)35-23-15-41-13-21(53-31(41)37-23)22-14-42-16-24(38-32(42)54-22)36-28(46)20-10-8-12-44(20)30(48)26(18(3)4)40-34(50)52-6/h13-20,25-26H,7-12H2,1-6H3,(H,35,45)(H,36,46)(H,39,49)(H,40,50)/t19-,20-,25-,26-/m0/s1. The molecule has 2 aliphatic heterocycles. The van der Waals surface area contributed by atoms with Crippen molar-refractivity contribution in [2.24, 2.45) is 11.8 Å². The second-order valence-electron chi connectivity index (χ2n) is 13.9. The molecule has 0 aliphatic carbocycles. The number of carbonyl (C=O) groups is 6. The predicted molar refractivity (Wildman–Crippen MR) is 200 cm³/mol. The molecule has 0 spiro atoms. The van der Waals surface area contributed by atoms with E-state index >= 15 is 0 Å². The molecule has 2 saturated heterocycles. The number of fused-ring (bicyclic) bond motifs is 2. The number of hydrogen-bond acceptors (Lipinski definition) is 12. The highest BCUT2D eigenvalue weighted by atomic mass is 32.1. The van der Waals surface area contributed by atoms with Crippen LogP contribution in [-0.2, 0) is 28.7 Å². The van der Waals surface area contributed by atoms with Crippen molar-refractivity contribution in [3.05, 3.63) is 24.8 Å². The fourth-order valence-corrected chi connectivity index (χ4v) is 8.71. The number of ether oxygens (including phenoxy) is 2. The zero-order chi connectivity index (χ0) is 38.8. The second-order valence-corrected chi connectivity index (χ2v) is 15.9. The van der Waals surface area contributed by atoms with E-state index in [-0.39, 0.29) is 35.5 Å². The van der Waals surface area contributed by atoms with E-state index in [0.717, 1.165) is 9.75 Å². The lowest BCUT2D eigenvalue weighted by atomic mass is 10.0. The largest absolute Gasteiger partial charge is 0.453 e. The minimum Gasteiger partial charge on any atom is -0.453 e. The third-order valence-electron chi connectivity index (χ3n) is 9.52. The fourth-order valence-electron chi connectivity index (χ4n) is 6.72. The van der Waals surface area contributed by atoms with Gasteiger partial charge in [-0.1, -0.05) is 50.4 Å². The van der Waals surface area contributed by atoms with Crippen molar-refractivity contribution >= 4 is 80.0 Å². The quantitative estimate of drug-likeness (QED) is 0.174. The third-order valence-corrected chi connectivity index (χ3v) is 11.7. The van der Waals surface area contributed by atoms with Crippen LogP contribution in [0.15, 0.2) is 24.8 Å². The van der Waals surface area contributed by atoms with Gasteiger partial charge in [-0.05, 0) is 37.5 Å². The normalized spacial score (nSPS) is 18.3. The van der Waals surface area contributed by atoms with Crippen molar-refractivity contribution in [1.29, 1.82) is 0 Å². The van der Waals surface area contributed by atoms with Crippen molar-refractivity contribution < 1.29 is 38.2 Å². The van der Waals surface area contributed by atoms with E-state index in [9.17, 15) is 28.8 Å². The number of anilines is 2. The van der Waals surface area contributed by atoms with Crippen LogP contribution in [-0.4, -0.2) is 116 Å². The van der Waals surface area contributed by atoms with E-state index in [0.29, 0.717) is 60.3 Å². The molecule has 4 aromatic rings. The smallest absolute Gasteiger partial charge is 0.407 e. The summed E-state index contributed by atoms with van der Waals surface area (Å²) in [7, 11) is 2.46. The number of rotatable bonds is 11. The van der Waals surface area contributed by atoms with Crippen LogP contribution in [0.3, 0.4) is 0 Å². The summed E-state index contributed by atoms with van der Waals surface area (Å²) in [6, 6.07) is -3.04. The van der Waals surface area contributed by atoms with Crippen molar-refractivity contribution in [2.45, 2.75) is 77.5 Å². The van der Waals surface area contributed by atoms with Gasteiger partial charge < -0.3 is 40.5 Å². The maximum Gasteiger partial charge on any atom is 0.407 e. The molecule has 0 bridgehead atoms. The van der Waals surface area contributed by atoms with Crippen molar-refractivity contribution in [1.82, 2.24) is 39.2 Å². The van der Waals surface area contributed by atoms with E-state index in [1.165, 1.54) is 46.7 Å². The lowest BCUT2D eigenvalue weighted by Crippen LogP contribution is -2.54. The number of imidazole rings is 2. The maximum atomic E-state index is 13.4.